The Labute approximate surface area is 244 Å². The predicted molar refractivity (Wildman–Crippen MR) is 160 cm³/mol. The fourth-order valence-electron chi connectivity index (χ4n) is 10.1. The summed E-state index contributed by atoms with van der Waals surface area (Å²) in [5.41, 5.74) is 1.06. The van der Waals surface area contributed by atoms with Gasteiger partial charge in [-0.2, -0.15) is 0 Å². The number of aliphatic hydroxyl groups is 2. The average Bonchev–Trinajstić information content (AvgIpc) is 3.22. The molecule has 0 radical (unpaired) electrons. The van der Waals surface area contributed by atoms with E-state index in [-0.39, 0.29) is 16.9 Å². The molecule has 230 valence electrons. The number of aliphatic hydroxyl groups excluding tert-OH is 1. The summed E-state index contributed by atoms with van der Waals surface area (Å²) in [5, 5.41) is 21.8. The second-order valence-corrected chi connectivity index (χ2v) is 16.7. The molecule has 4 aliphatic carbocycles. The topological polar surface area (TPSA) is 68.2 Å². The van der Waals surface area contributed by atoms with Crippen LogP contribution in [0.5, 0.6) is 0 Å². The highest BCUT2D eigenvalue weighted by molar-refractivity contribution is 5.29. The van der Waals surface area contributed by atoms with Gasteiger partial charge >= 0.3 is 0 Å². The highest BCUT2D eigenvalue weighted by Crippen LogP contribution is 2.67. The summed E-state index contributed by atoms with van der Waals surface area (Å²) in [4.78, 5) is 0. The van der Waals surface area contributed by atoms with Crippen molar-refractivity contribution in [1.29, 1.82) is 0 Å². The van der Waals surface area contributed by atoms with Gasteiger partial charge < -0.3 is 24.4 Å². The normalized spacial score (nSPS) is 43.3. The van der Waals surface area contributed by atoms with Crippen LogP contribution in [0.25, 0.3) is 0 Å². The molecule has 1 heterocycles. The molecule has 40 heavy (non-hydrogen) atoms. The Kier molecular flexibility index (Phi) is 8.45. The van der Waals surface area contributed by atoms with Crippen LogP contribution in [0.15, 0.2) is 11.6 Å². The lowest BCUT2D eigenvalue weighted by atomic mass is 9.46. The van der Waals surface area contributed by atoms with E-state index in [0.29, 0.717) is 31.2 Å². The standard InChI is InChI=1S/C35H60O5/c1-23(10-9-17-31(2,3)37)25-13-14-26-24-11-12-28-30(36)29(38-20-33(6)21-39-32(4,5)40-22-33)16-19-35(28,8)27(24)15-18-34(25,26)7/h12,23-27,29-30,36-37H,9-11,13-22H2,1-8H3/t23-,24+,25-,26+,27+,29+,30-,34-,35-/m1/s1. The minimum absolute atomic E-state index is 0.0882. The second-order valence-electron chi connectivity index (χ2n) is 16.7. The zero-order chi connectivity index (χ0) is 29.1. The van der Waals surface area contributed by atoms with E-state index in [9.17, 15) is 10.2 Å². The Balaban J connectivity index is 1.23. The van der Waals surface area contributed by atoms with Gasteiger partial charge in [0, 0.05) is 5.41 Å². The molecule has 4 fully saturated rings. The molecule has 0 aromatic rings. The number of ether oxygens (including phenoxy) is 3. The third-order valence-electron chi connectivity index (χ3n) is 12.5. The van der Waals surface area contributed by atoms with Crippen LogP contribution in [-0.4, -0.2) is 53.6 Å². The maximum Gasteiger partial charge on any atom is 0.162 e. The summed E-state index contributed by atoms with van der Waals surface area (Å²) < 4.78 is 18.3. The van der Waals surface area contributed by atoms with Crippen molar-refractivity contribution in [2.75, 3.05) is 19.8 Å². The molecule has 1 aliphatic heterocycles. The van der Waals surface area contributed by atoms with Gasteiger partial charge in [0.2, 0.25) is 0 Å². The minimum Gasteiger partial charge on any atom is -0.390 e. The van der Waals surface area contributed by atoms with E-state index in [1.165, 1.54) is 37.7 Å². The lowest BCUT2D eigenvalue weighted by Gasteiger charge is -2.59. The van der Waals surface area contributed by atoms with Crippen molar-refractivity contribution in [2.24, 2.45) is 45.8 Å². The zero-order valence-electron chi connectivity index (χ0n) is 26.9. The van der Waals surface area contributed by atoms with Crippen LogP contribution >= 0.6 is 0 Å². The van der Waals surface area contributed by atoms with Gasteiger partial charge in [0.15, 0.2) is 5.79 Å². The van der Waals surface area contributed by atoms with Crippen molar-refractivity contribution in [3.05, 3.63) is 11.6 Å². The van der Waals surface area contributed by atoms with Crippen molar-refractivity contribution in [2.45, 2.75) is 143 Å². The molecular weight excluding hydrogens is 500 g/mol. The Bertz CT molecular complexity index is 925. The summed E-state index contributed by atoms with van der Waals surface area (Å²) in [6.45, 7) is 19.3. The van der Waals surface area contributed by atoms with E-state index in [1.54, 1.807) is 0 Å². The Hall–Kier alpha value is -0.460. The van der Waals surface area contributed by atoms with Crippen LogP contribution in [0.1, 0.15) is 120 Å². The molecule has 1 saturated heterocycles. The molecule has 0 aromatic carbocycles. The van der Waals surface area contributed by atoms with E-state index in [0.717, 1.165) is 55.8 Å². The SMILES string of the molecule is C[C@H](CCCC(C)(C)O)[C@H]1CC[C@H]2[C@@H]3CC=C4[C@@H](O)[C@@H](OCC5(C)COC(C)(C)OC5)CC[C@]4(C)[C@H]3CC[C@]12C. The van der Waals surface area contributed by atoms with Crippen LogP contribution < -0.4 is 0 Å². The number of hydrogen-bond acceptors (Lipinski definition) is 5. The number of fused-ring (bicyclic) bond motifs is 5. The molecule has 5 aliphatic rings. The highest BCUT2D eigenvalue weighted by Gasteiger charge is 2.60. The summed E-state index contributed by atoms with van der Waals surface area (Å²) in [7, 11) is 0. The predicted octanol–water partition coefficient (Wildman–Crippen LogP) is 7.29. The molecular formula is C35H60O5. The molecule has 0 aromatic heterocycles. The summed E-state index contributed by atoms with van der Waals surface area (Å²) >= 11 is 0. The van der Waals surface area contributed by atoms with Gasteiger partial charge in [-0.15, -0.1) is 0 Å². The summed E-state index contributed by atoms with van der Waals surface area (Å²) in [6, 6.07) is 0. The van der Waals surface area contributed by atoms with E-state index >= 15 is 0 Å². The first kappa shape index (κ1) is 31.0. The molecule has 5 heteroatoms. The van der Waals surface area contributed by atoms with Crippen molar-refractivity contribution in [3.8, 4) is 0 Å². The van der Waals surface area contributed by atoms with E-state index in [2.05, 4.69) is 33.8 Å². The monoisotopic (exact) mass is 560 g/mol. The first-order chi connectivity index (χ1) is 18.6. The van der Waals surface area contributed by atoms with Crippen molar-refractivity contribution < 1.29 is 24.4 Å². The second kappa shape index (κ2) is 10.9. The molecule has 5 rings (SSSR count). The summed E-state index contributed by atoms with van der Waals surface area (Å²) in [5.74, 6) is 3.20. The molecule has 0 amide bonds. The molecule has 0 spiro atoms. The number of allylic oxidation sites excluding steroid dienone is 1. The van der Waals surface area contributed by atoms with Gasteiger partial charge in [-0.1, -0.05) is 46.6 Å². The van der Waals surface area contributed by atoms with E-state index in [1.807, 2.05) is 27.7 Å². The van der Waals surface area contributed by atoms with Gasteiger partial charge in [-0.05, 0) is 125 Å². The van der Waals surface area contributed by atoms with Crippen LogP contribution in [-0.2, 0) is 14.2 Å². The van der Waals surface area contributed by atoms with Gasteiger partial charge in [0.05, 0.1) is 31.5 Å². The molecule has 0 unspecified atom stereocenters. The third kappa shape index (κ3) is 5.85. The fraction of sp³-hybridized carbons (Fsp3) is 0.943. The fourth-order valence-corrected chi connectivity index (χ4v) is 10.1. The molecule has 0 bridgehead atoms. The van der Waals surface area contributed by atoms with Gasteiger partial charge in [-0.3, -0.25) is 0 Å². The largest absolute Gasteiger partial charge is 0.390 e. The quantitative estimate of drug-likeness (QED) is 0.305. The lowest BCUT2D eigenvalue weighted by Crippen LogP contribution is -2.54. The Morgan fingerprint density at radius 1 is 1.00 bits per heavy atom. The molecule has 9 atom stereocenters. The smallest absolute Gasteiger partial charge is 0.162 e. The van der Waals surface area contributed by atoms with Crippen LogP contribution in [0.2, 0.25) is 0 Å². The Morgan fingerprint density at radius 2 is 1.70 bits per heavy atom. The maximum atomic E-state index is 11.6. The molecule has 3 saturated carbocycles. The van der Waals surface area contributed by atoms with E-state index in [4.69, 9.17) is 14.2 Å². The molecule has 5 nitrogen and oxygen atoms in total. The van der Waals surface area contributed by atoms with Crippen molar-refractivity contribution in [3.63, 3.8) is 0 Å². The number of rotatable bonds is 8. The number of hydrogen-bond donors (Lipinski definition) is 2. The zero-order valence-corrected chi connectivity index (χ0v) is 26.9. The van der Waals surface area contributed by atoms with Crippen molar-refractivity contribution >= 4 is 0 Å². The maximum absolute atomic E-state index is 11.6. The van der Waals surface area contributed by atoms with Gasteiger partial charge in [0.25, 0.3) is 0 Å². The molecule has 2 N–H and O–H groups in total. The van der Waals surface area contributed by atoms with E-state index < -0.39 is 17.5 Å². The van der Waals surface area contributed by atoms with Crippen LogP contribution in [0, 0.1) is 45.8 Å². The summed E-state index contributed by atoms with van der Waals surface area (Å²) in [6.07, 6.45) is 13.5. The third-order valence-corrected chi connectivity index (χ3v) is 12.5. The van der Waals surface area contributed by atoms with Crippen molar-refractivity contribution in [1.82, 2.24) is 0 Å². The van der Waals surface area contributed by atoms with Crippen LogP contribution in [0.3, 0.4) is 0 Å². The lowest BCUT2D eigenvalue weighted by molar-refractivity contribution is -0.291. The average molecular weight is 561 g/mol. The first-order valence-corrected chi connectivity index (χ1v) is 16.6. The minimum atomic E-state index is -0.552. The van der Waals surface area contributed by atoms with Gasteiger partial charge in [0.1, 0.15) is 6.10 Å². The first-order valence-electron chi connectivity index (χ1n) is 16.6. The van der Waals surface area contributed by atoms with Crippen LogP contribution in [0.4, 0.5) is 0 Å². The highest BCUT2D eigenvalue weighted by atomic mass is 16.7. The Morgan fingerprint density at radius 3 is 2.38 bits per heavy atom. The van der Waals surface area contributed by atoms with Gasteiger partial charge in [-0.25, -0.2) is 0 Å².